The van der Waals surface area contributed by atoms with E-state index in [0.717, 1.165) is 5.56 Å². The summed E-state index contributed by atoms with van der Waals surface area (Å²) in [5.41, 5.74) is 9.20. The van der Waals surface area contributed by atoms with Crippen LogP contribution in [0.2, 0.25) is 0 Å². The number of benzene rings is 1. The second-order valence-electron chi connectivity index (χ2n) is 3.95. The summed E-state index contributed by atoms with van der Waals surface area (Å²) < 4.78 is 5.65. The summed E-state index contributed by atoms with van der Waals surface area (Å²) in [6.07, 6.45) is 0. The summed E-state index contributed by atoms with van der Waals surface area (Å²) >= 11 is 8.08. The molecule has 2 rings (SSSR count). The molecule has 0 bridgehead atoms. The molecule has 0 spiro atoms. The second kappa shape index (κ2) is 6.53. The fraction of sp³-hybridized carbons (Fsp3) is 0.0769. The highest BCUT2D eigenvalue weighted by Gasteiger charge is 2.15. The number of hydrogen-bond acceptors (Lipinski definition) is 3. The fourth-order valence-corrected chi connectivity index (χ4v) is 1.97. The standard InChI is InChI=1S/C13H12BrN3O2S/c14-11-7-6-10(19-11)12(18)16-17(13(15)20)8-9-4-2-1-3-5-9/h1-7H,8H2,(H2,15,20)(H,16,18). The van der Waals surface area contributed by atoms with Gasteiger partial charge in [-0.15, -0.1) is 0 Å². The Morgan fingerprint density at radius 2 is 2.00 bits per heavy atom. The van der Waals surface area contributed by atoms with Crippen LogP contribution in [0.25, 0.3) is 0 Å². The number of furan rings is 1. The molecule has 0 saturated carbocycles. The summed E-state index contributed by atoms with van der Waals surface area (Å²) in [5, 5.41) is 1.47. The van der Waals surface area contributed by atoms with E-state index in [1.54, 1.807) is 12.1 Å². The third kappa shape index (κ3) is 3.82. The zero-order valence-electron chi connectivity index (χ0n) is 10.4. The number of nitrogens with one attached hydrogen (secondary N) is 1. The molecule has 5 nitrogen and oxygen atoms in total. The molecule has 1 aromatic carbocycles. The van der Waals surface area contributed by atoms with Crippen molar-refractivity contribution in [2.45, 2.75) is 6.54 Å². The van der Waals surface area contributed by atoms with Crippen LogP contribution < -0.4 is 11.2 Å². The highest BCUT2D eigenvalue weighted by Crippen LogP contribution is 2.14. The maximum Gasteiger partial charge on any atom is 0.305 e. The van der Waals surface area contributed by atoms with Crippen molar-refractivity contribution in [3.63, 3.8) is 0 Å². The molecule has 0 saturated heterocycles. The Morgan fingerprint density at radius 1 is 1.30 bits per heavy atom. The number of nitrogens with two attached hydrogens (primary N) is 1. The molecule has 7 heteroatoms. The number of amides is 1. The maximum absolute atomic E-state index is 12.0. The number of carbonyl (C=O) groups excluding carboxylic acids is 1. The number of hydrazine groups is 1. The van der Waals surface area contributed by atoms with E-state index < -0.39 is 5.91 Å². The van der Waals surface area contributed by atoms with E-state index in [2.05, 4.69) is 21.4 Å². The first-order valence-electron chi connectivity index (χ1n) is 5.73. The molecule has 20 heavy (non-hydrogen) atoms. The van der Waals surface area contributed by atoms with Gasteiger partial charge in [-0.1, -0.05) is 30.3 Å². The van der Waals surface area contributed by atoms with Crippen molar-refractivity contribution in [2.24, 2.45) is 5.73 Å². The van der Waals surface area contributed by atoms with Crippen LogP contribution >= 0.6 is 28.1 Å². The number of thiocarbonyl (C=S) groups is 1. The smallest absolute Gasteiger partial charge is 0.305 e. The van der Waals surface area contributed by atoms with Crippen molar-refractivity contribution < 1.29 is 9.21 Å². The third-order valence-corrected chi connectivity index (χ3v) is 3.13. The Bertz CT molecular complexity index is 615. The average molecular weight is 354 g/mol. The highest BCUT2D eigenvalue weighted by molar-refractivity contribution is 9.10. The van der Waals surface area contributed by atoms with Gasteiger partial charge in [0.1, 0.15) is 0 Å². The molecule has 104 valence electrons. The van der Waals surface area contributed by atoms with Crippen molar-refractivity contribution in [3.05, 3.63) is 58.5 Å². The molecule has 0 unspecified atom stereocenters. The lowest BCUT2D eigenvalue weighted by molar-refractivity contribution is 0.0835. The lowest BCUT2D eigenvalue weighted by atomic mass is 10.2. The lowest BCUT2D eigenvalue weighted by Crippen LogP contribution is -2.48. The van der Waals surface area contributed by atoms with E-state index >= 15 is 0 Å². The van der Waals surface area contributed by atoms with Crippen LogP contribution in [0.1, 0.15) is 16.1 Å². The van der Waals surface area contributed by atoms with E-state index in [9.17, 15) is 4.79 Å². The Labute approximate surface area is 129 Å². The number of hydrogen-bond donors (Lipinski definition) is 2. The number of nitrogens with zero attached hydrogens (tertiary/aromatic N) is 1. The van der Waals surface area contributed by atoms with Gasteiger partial charge in [-0.25, -0.2) is 0 Å². The van der Waals surface area contributed by atoms with Crippen LogP contribution in [0.15, 0.2) is 51.6 Å². The van der Waals surface area contributed by atoms with E-state index in [4.69, 9.17) is 22.4 Å². The summed E-state index contributed by atoms with van der Waals surface area (Å²) in [7, 11) is 0. The van der Waals surface area contributed by atoms with Gasteiger partial charge in [-0.2, -0.15) is 0 Å². The molecule has 0 radical (unpaired) electrons. The number of halogens is 1. The fourth-order valence-electron chi connectivity index (χ4n) is 1.55. The minimum atomic E-state index is -0.417. The molecular formula is C13H12BrN3O2S. The highest BCUT2D eigenvalue weighted by atomic mass is 79.9. The normalized spacial score (nSPS) is 10.1. The summed E-state index contributed by atoms with van der Waals surface area (Å²) in [4.78, 5) is 12.0. The minimum Gasteiger partial charge on any atom is -0.444 e. The second-order valence-corrected chi connectivity index (χ2v) is 5.15. The van der Waals surface area contributed by atoms with Crippen LogP contribution in [-0.2, 0) is 6.54 Å². The minimum absolute atomic E-state index is 0.0767. The zero-order chi connectivity index (χ0) is 14.5. The Hall–Kier alpha value is -1.86. The van der Waals surface area contributed by atoms with E-state index in [1.165, 1.54) is 5.01 Å². The topological polar surface area (TPSA) is 71.5 Å². The first-order valence-corrected chi connectivity index (χ1v) is 6.93. The monoisotopic (exact) mass is 353 g/mol. The van der Waals surface area contributed by atoms with Crippen molar-refractivity contribution in [1.82, 2.24) is 10.4 Å². The molecule has 0 aliphatic rings. The number of rotatable bonds is 3. The maximum atomic E-state index is 12.0. The zero-order valence-corrected chi connectivity index (χ0v) is 12.8. The third-order valence-electron chi connectivity index (χ3n) is 2.48. The largest absolute Gasteiger partial charge is 0.444 e. The van der Waals surface area contributed by atoms with Crippen molar-refractivity contribution in [3.8, 4) is 0 Å². The molecule has 0 aliphatic heterocycles. The van der Waals surface area contributed by atoms with Crippen LogP contribution in [0.4, 0.5) is 0 Å². The van der Waals surface area contributed by atoms with Gasteiger partial charge < -0.3 is 10.2 Å². The first-order chi connectivity index (χ1) is 9.56. The van der Waals surface area contributed by atoms with Crippen LogP contribution in [0.5, 0.6) is 0 Å². The van der Waals surface area contributed by atoms with Gasteiger partial charge >= 0.3 is 5.91 Å². The van der Waals surface area contributed by atoms with Crippen molar-refractivity contribution in [1.29, 1.82) is 0 Å². The van der Waals surface area contributed by atoms with Crippen molar-refractivity contribution >= 4 is 39.2 Å². The Kier molecular flexibility index (Phi) is 4.75. The molecule has 1 aromatic heterocycles. The molecule has 2 aromatic rings. The lowest BCUT2D eigenvalue weighted by Gasteiger charge is -2.22. The molecule has 0 aliphatic carbocycles. The Morgan fingerprint density at radius 3 is 2.55 bits per heavy atom. The summed E-state index contributed by atoms with van der Waals surface area (Å²) in [6.45, 7) is 0.379. The predicted molar refractivity (Wildman–Crippen MR) is 82.6 cm³/mol. The van der Waals surface area contributed by atoms with Gasteiger partial charge in [0.25, 0.3) is 0 Å². The van der Waals surface area contributed by atoms with Gasteiger partial charge in [0.05, 0.1) is 6.54 Å². The SMILES string of the molecule is NC(=S)N(Cc1ccccc1)NC(=O)c1ccc(Br)o1. The molecule has 1 heterocycles. The summed E-state index contributed by atoms with van der Waals surface area (Å²) in [5.74, 6) is -0.245. The number of carbonyl (C=O) groups is 1. The Balaban J connectivity index is 2.06. The van der Waals surface area contributed by atoms with E-state index in [0.29, 0.717) is 11.2 Å². The van der Waals surface area contributed by atoms with Gasteiger partial charge in [-0.05, 0) is 45.8 Å². The van der Waals surface area contributed by atoms with E-state index in [1.807, 2.05) is 30.3 Å². The molecule has 1 amide bonds. The first kappa shape index (κ1) is 14.5. The summed E-state index contributed by atoms with van der Waals surface area (Å²) in [6, 6.07) is 12.7. The molecule has 0 fully saturated rings. The van der Waals surface area contributed by atoms with Crippen LogP contribution in [0.3, 0.4) is 0 Å². The predicted octanol–water partition coefficient (Wildman–Crippen LogP) is 2.43. The van der Waals surface area contributed by atoms with E-state index in [-0.39, 0.29) is 10.9 Å². The molecule has 3 N–H and O–H groups in total. The van der Waals surface area contributed by atoms with Gasteiger partial charge in [0.2, 0.25) is 0 Å². The molecule has 0 atom stereocenters. The van der Waals surface area contributed by atoms with Gasteiger partial charge in [0, 0.05) is 0 Å². The van der Waals surface area contributed by atoms with Crippen LogP contribution in [-0.4, -0.2) is 16.0 Å². The van der Waals surface area contributed by atoms with Gasteiger partial charge in [0.15, 0.2) is 15.5 Å². The van der Waals surface area contributed by atoms with Crippen LogP contribution in [0, 0.1) is 0 Å². The van der Waals surface area contributed by atoms with Gasteiger partial charge in [-0.3, -0.25) is 15.2 Å². The molecular weight excluding hydrogens is 342 g/mol. The quantitative estimate of drug-likeness (QED) is 0.654. The average Bonchev–Trinajstić information content (AvgIpc) is 2.86. The van der Waals surface area contributed by atoms with Crippen molar-refractivity contribution in [2.75, 3.05) is 0 Å².